The van der Waals surface area contributed by atoms with E-state index in [1.165, 1.54) is 0 Å². The molecule has 0 bridgehead atoms. The first kappa shape index (κ1) is 19.3. The van der Waals surface area contributed by atoms with Crippen molar-refractivity contribution in [2.24, 2.45) is 0 Å². The van der Waals surface area contributed by atoms with E-state index in [1.807, 2.05) is 66.7 Å². The Morgan fingerprint density at radius 1 is 0.968 bits per heavy atom. The molecule has 0 aromatic heterocycles. The Hall–Kier alpha value is -3.67. The van der Waals surface area contributed by atoms with E-state index in [2.05, 4.69) is 10.6 Å². The van der Waals surface area contributed by atoms with E-state index in [9.17, 15) is 14.4 Å². The summed E-state index contributed by atoms with van der Waals surface area (Å²) in [4.78, 5) is 39.9. The Morgan fingerprint density at radius 3 is 2.61 bits per heavy atom. The number of nitrogens with zero attached hydrogens (tertiary/aromatic N) is 1. The van der Waals surface area contributed by atoms with E-state index in [-0.39, 0.29) is 12.5 Å². The van der Waals surface area contributed by atoms with Gasteiger partial charge in [-0.3, -0.25) is 14.5 Å². The second-order valence-corrected chi connectivity index (χ2v) is 8.20. The average molecular weight is 413 g/mol. The Bertz CT molecular complexity index is 1210. The lowest BCUT2D eigenvalue weighted by molar-refractivity contribution is -0.134. The number of nitrogens with one attached hydrogen (secondary N) is 2. The molecule has 0 saturated carbocycles. The third kappa shape index (κ3) is 3.34. The third-order valence-corrected chi connectivity index (χ3v) is 6.24. The van der Waals surface area contributed by atoms with Gasteiger partial charge in [-0.05, 0) is 59.7 Å². The molecule has 6 nitrogen and oxygen atoms in total. The Labute approximate surface area is 180 Å². The highest BCUT2D eigenvalue weighted by molar-refractivity contribution is 6.10. The second-order valence-electron chi connectivity index (χ2n) is 8.20. The van der Waals surface area contributed by atoms with Crippen LogP contribution in [0, 0.1) is 0 Å². The molecule has 0 radical (unpaired) electrons. The molecule has 3 aromatic rings. The van der Waals surface area contributed by atoms with Gasteiger partial charge in [0, 0.05) is 5.69 Å². The van der Waals surface area contributed by atoms with Crippen LogP contribution in [-0.2, 0) is 21.5 Å². The number of benzene rings is 3. The summed E-state index contributed by atoms with van der Waals surface area (Å²) in [7, 11) is 0. The quantitative estimate of drug-likeness (QED) is 0.638. The molecular formula is C25H23N3O3. The van der Waals surface area contributed by atoms with Gasteiger partial charge in [-0.2, -0.15) is 0 Å². The van der Waals surface area contributed by atoms with E-state index in [4.69, 9.17) is 0 Å². The molecule has 1 fully saturated rings. The lowest BCUT2D eigenvalue weighted by Gasteiger charge is -2.27. The van der Waals surface area contributed by atoms with Crippen molar-refractivity contribution in [3.8, 4) is 0 Å². The molecular weight excluding hydrogens is 390 g/mol. The molecule has 1 atom stereocenters. The van der Waals surface area contributed by atoms with Gasteiger partial charge in [0.2, 0.25) is 5.91 Å². The standard InChI is InChI=1S/C25H23N3O3/c29-22(26-20-13-12-17-7-1-2-10-19(17)15-20)16-28-23(30)25(27-24(28)31)14-6-5-9-18-8-3-4-11-21(18)25/h1-4,7-8,10-13,15H,5-6,9,14,16H2,(H,26,29)(H,27,31)/t25-/m0/s1. The van der Waals surface area contributed by atoms with E-state index < -0.39 is 17.5 Å². The molecule has 1 aliphatic heterocycles. The van der Waals surface area contributed by atoms with Crippen LogP contribution in [0.5, 0.6) is 0 Å². The molecule has 5 rings (SSSR count). The maximum atomic E-state index is 13.4. The summed E-state index contributed by atoms with van der Waals surface area (Å²) in [6.07, 6.45) is 3.21. The lowest BCUT2D eigenvalue weighted by Crippen LogP contribution is -2.44. The van der Waals surface area contributed by atoms with E-state index >= 15 is 0 Å². The molecule has 156 valence electrons. The second kappa shape index (κ2) is 7.54. The maximum Gasteiger partial charge on any atom is 0.325 e. The van der Waals surface area contributed by atoms with Crippen molar-refractivity contribution >= 4 is 34.3 Å². The molecule has 4 amide bonds. The number of fused-ring (bicyclic) bond motifs is 3. The molecule has 1 spiro atoms. The number of aryl methyl sites for hydroxylation is 1. The molecule has 0 unspecified atom stereocenters. The maximum absolute atomic E-state index is 13.4. The Kier molecular flexibility index (Phi) is 4.70. The van der Waals surface area contributed by atoms with Gasteiger partial charge < -0.3 is 10.6 Å². The minimum Gasteiger partial charge on any atom is -0.325 e. The first-order chi connectivity index (χ1) is 15.1. The van der Waals surface area contributed by atoms with Crippen LogP contribution < -0.4 is 10.6 Å². The highest BCUT2D eigenvalue weighted by atomic mass is 16.2. The summed E-state index contributed by atoms with van der Waals surface area (Å²) in [5.41, 5.74) is 1.48. The number of rotatable bonds is 3. The number of hydrogen-bond donors (Lipinski definition) is 2. The summed E-state index contributed by atoms with van der Waals surface area (Å²) in [5, 5.41) is 7.80. The molecule has 3 aromatic carbocycles. The topological polar surface area (TPSA) is 78.5 Å². The number of amides is 4. The van der Waals surface area contributed by atoms with Crippen LogP contribution in [0.4, 0.5) is 10.5 Å². The van der Waals surface area contributed by atoms with Crippen molar-refractivity contribution in [1.29, 1.82) is 0 Å². The first-order valence-electron chi connectivity index (χ1n) is 10.6. The highest BCUT2D eigenvalue weighted by Crippen LogP contribution is 2.38. The molecule has 1 aliphatic carbocycles. The Morgan fingerprint density at radius 2 is 1.74 bits per heavy atom. The predicted octanol–water partition coefficient (Wildman–Crippen LogP) is 3.95. The van der Waals surface area contributed by atoms with E-state index in [0.29, 0.717) is 12.1 Å². The molecule has 1 heterocycles. The fourth-order valence-corrected chi connectivity index (χ4v) is 4.73. The summed E-state index contributed by atoms with van der Waals surface area (Å²) in [6, 6.07) is 20.7. The van der Waals surface area contributed by atoms with Gasteiger partial charge in [-0.25, -0.2) is 4.79 Å². The fourth-order valence-electron chi connectivity index (χ4n) is 4.73. The van der Waals surface area contributed by atoms with E-state index in [0.717, 1.165) is 46.1 Å². The molecule has 1 saturated heterocycles. The van der Waals surface area contributed by atoms with Crippen molar-refractivity contribution in [2.75, 3.05) is 11.9 Å². The van der Waals surface area contributed by atoms with Gasteiger partial charge in [0.1, 0.15) is 12.1 Å². The highest BCUT2D eigenvalue weighted by Gasteiger charge is 2.53. The van der Waals surface area contributed by atoms with Gasteiger partial charge in [0.05, 0.1) is 0 Å². The van der Waals surface area contributed by atoms with Crippen LogP contribution in [0.25, 0.3) is 10.8 Å². The molecule has 31 heavy (non-hydrogen) atoms. The molecule has 2 N–H and O–H groups in total. The van der Waals surface area contributed by atoms with E-state index in [1.54, 1.807) is 0 Å². The normalized spacial score (nSPS) is 20.5. The van der Waals surface area contributed by atoms with Gasteiger partial charge in [0.15, 0.2) is 0 Å². The summed E-state index contributed by atoms with van der Waals surface area (Å²) in [6.45, 7) is -0.318. The van der Waals surface area contributed by atoms with Crippen molar-refractivity contribution in [3.63, 3.8) is 0 Å². The van der Waals surface area contributed by atoms with Crippen LogP contribution in [0.3, 0.4) is 0 Å². The Balaban J connectivity index is 1.37. The predicted molar refractivity (Wildman–Crippen MR) is 118 cm³/mol. The summed E-state index contributed by atoms with van der Waals surface area (Å²) < 4.78 is 0. The number of hydrogen-bond acceptors (Lipinski definition) is 3. The van der Waals surface area contributed by atoms with Gasteiger partial charge in [-0.15, -0.1) is 0 Å². The molecule has 2 aliphatic rings. The smallest absolute Gasteiger partial charge is 0.325 e. The van der Waals surface area contributed by atoms with Crippen molar-refractivity contribution in [2.45, 2.75) is 31.2 Å². The van der Waals surface area contributed by atoms with Crippen LogP contribution in [-0.4, -0.2) is 29.3 Å². The zero-order valence-electron chi connectivity index (χ0n) is 17.1. The van der Waals surface area contributed by atoms with Gasteiger partial charge >= 0.3 is 6.03 Å². The average Bonchev–Trinajstić information content (AvgIpc) is 2.91. The van der Waals surface area contributed by atoms with Crippen LogP contribution in [0.15, 0.2) is 66.7 Å². The molecule has 6 heteroatoms. The largest absolute Gasteiger partial charge is 0.325 e. The number of carbonyl (C=O) groups excluding carboxylic acids is 3. The van der Waals surface area contributed by atoms with Crippen LogP contribution >= 0.6 is 0 Å². The minimum atomic E-state index is -1.08. The van der Waals surface area contributed by atoms with Gasteiger partial charge in [-0.1, -0.05) is 54.6 Å². The van der Waals surface area contributed by atoms with Crippen LogP contribution in [0.2, 0.25) is 0 Å². The number of imide groups is 1. The SMILES string of the molecule is O=C(CN1C(=O)N[C@]2(CCCCc3ccccc32)C1=O)Nc1ccc2ccccc2c1. The monoisotopic (exact) mass is 413 g/mol. The van der Waals surface area contributed by atoms with Crippen molar-refractivity contribution in [1.82, 2.24) is 10.2 Å². The fraction of sp³-hybridized carbons (Fsp3) is 0.240. The zero-order chi connectivity index (χ0) is 21.4. The minimum absolute atomic E-state index is 0.318. The lowest BCUT2D eigenvalue weighted by atomic mass is 9.84. The van der Waals surface area contributed by atoms with Crippen molar-refractivity contribution < 1.29 is 14.4 Å². The van der Waals surface area contributed by atoms with Crippen LogP contribution in [0.1, 0.15) is 30.4 Å². The zero-order valence-corrected chi connectivity index (χ0v) is 17.1. The first-order valence-corrected chi connectivity index (χ1v) is 10.6. The number of carbonyl (C=O) groups is 3. The summed E-state index contributed by atoms with van der Waals surface area (Å²) >= 11 is 0. The third-order valence-electron chi connectivity index (χ3n) is 6.24. The van der Waals surface area contributed by atoms with Gasteiger partial charge in [0.25, 0.3) is 5.91 Å². The number of anilines is 1. The summed E-state index contributed by atoms with van der Waals surface area (Å²) in [5.74, 6) is -0.752. The number of urea groups is 1. The van der Waals surface area contributed by atoms with Crippen molar-refractivity contribution in [3.05, 3.63) is 77.9 Å².